The van der Waals surface area contributed by atoms with Crippen molar-refractivity contribution in [3.63, 3.8) is 0 Å². The lowest BCUT2D eigenvalue weighted by Gasteiger charge is -2.36. The Morgan fingerprint density at radius 3 is 2.59 bits per heavy atom. The number of pyridine rings is 1. The quantitative estimate of drug-likeness (QED) is 0.712. The van der Waals surface area contributed by atoms with E-state index in [-0.39, 0.29) is 5.91 Å². The average Bonchev–Trinajstić information content (AvgIpc) is 2.73. The Balaban J connectivity index is 1.34. The minimum absolute atomic E-state index is 0.0893. The van der Waals surface area contributed by atoms with Crippen molar-refractivity contribution in [1.29, 1.82) is 0 Å². The normalized spacial score (nSPS) is 14.5. The van der Waals surface area contributed by atoms with Crippen LogP contribution in [0.15, 0.2) is 63.9 Å². The first kappa shape index (κ1) is 17.3. The molecule has 0 saturated carbocycles. The zero-order valence-electron chi connectivity index (χ0n) is 15.0. The number of aromatic nitrogens is 1. The van der Waals surface area contributed by atoms with Gasteiger partial charge in [0.1, 0.15) is 5.76 Å². The van der Waals surface area contributed by atoms with Gasteiger partial charge in [0.05, 0.1) is 10.9 Å². The molecular weight excluding hydrogens is 342 g/mol. The zero-order chi connectivity index (χ0) is 18.6. The summed E-state index contributed by atoms with van der Waals surface area (Å²) in [5, 5.41) is 0.463. The second kappa shape index (κ2) is 7.61. The van der Waals surface area contributed by atoms with Crippen molar-refractivity contribution in [2.24, 2.45) is 0 Å². The van der Waals surface area contributed by atoms with Gasteiger partial charge in [0.15, 0.2) is 0 Å². The van der Waals surface area contributed by atoms with Crippen LogP contribution in [0.4, 0.5) is 5.69 Å². The maximum absolute atomic E-state index is 12.5. The van der Waals surface area contributed by atoms with E-state index >= 15 is 0 Å². The lowest BCUT2D eigenvalue weighted by atomic mass is 10.1. The predicted octanol–water partition coefficient (Wildman–Crippen LogP) is 2.47. The van der Waals surface area contributed by atoms with Crippen LogP contribution in [0.5, 0.6) is 0 Å². The highest BCUT2D eigenvalue weighted by atomic mass is 16.4. The Morgan fingerprint density at radius 1 is 1.04 bits per heavy atom. The third kappa shape index (κ3) is 3.84. The number of para-hydroxylation sites is 1. The molecule has 0 aliphatic carbocycles. The fraction of sp³-hybridized carbons (Fsp3) is 0.286. The SMILES string of the molecule is O=C(CCc1cc2ncccc2c(=O)o1)N1CCN(c2ccccc2)CC1. The molecule has 4 rings (SSSR count). The topological polar surface area (TPSA) is 66.7 Å². The molecule has 2 aromatic heterocycles. The van der Waals surface area contributed by atoms with Crippen LogP contribution in [0, 0.1) is 0 Å². The molecule has 1 fully saturated rings. The molecule has 6 nitrogen and oxygen atoms in total. The summed E-state index contributed by atoms with van der Waals surface area (Å²) in [6, 6.07) is 15.4. The molecule has 3 aromatic rings. The maximum atomic E-state index is 12.5. The second-order valence-corrected chi connectivity index (χ2v) is 6.64. The molecule has 1 amide bonds. The predicted molar refractivity (Wildman–Crippen MR) is 104 cm³/mol. The van der Waals surface area contributed by atoms with Gasteiger partial charge in [0.25, 0.3) is 0 Å². The third-order valence-corrected chi connectivity index (χ3v) is 4.92. The van der Waals surface area contributed by atoms with E-state index in [2.05, 4.69) is 22.0 Å². The van der Waals surface area contributed by atoms with Crippen LogP contribution in [-0.4, -0.2) is 42.0 Å². The monoisotopic (exact) mass is 363 g/mol. The number of hydrogen-bond acceptors (Lipinski definition) is 5. The highest BCUT2D eigenvalue weighted by molar-refractivity contribution is 5.78. The minimum Gasteiger partial charge on any atom is -0.427 e. The van der Waals surface area contributed by atoms with Crippen molar-refractivity contribution >= 4 is 22.5 Å². The number of nitrogens with zero attached hydrogens (tertiary/aromatic N) is 3. The number of carbonyl (C=O) groups excluding carboxylic acids is 1. The van der Waals surface area contributed by atoms with E-state index in [4.69, 9.17) is 4.42 Å². The van der Waals surface area contributed by atoms with Crippen molar-refractivity contribution in [3.8, 4) is 0 Å². The van der Waals surface area contributed by atoms with Crippen LogP contribution in [-0.2, 0) is 11.2 Å². The van der Waals surface area contributed by atoms with Gasteiger partial charge in [-0.2, -0.15) is 0 Å². The number of anilines is 1. The number of amides is 1. The molecule has 0 atom stereocenters. The molecule has 27 heavy (non-hydrogen) atoms. The molecule has 1 saturated heterocycles. The summed E-state index contributed by atoms with van der Waals surface area (Å²) >= 11 is 0. The molecule has 0 spiro atoms. The van der Waals surface area contributed by atoms with Crippen molar-refractivity contribution in [2.45, 2.75) is 12.8 Å². The highest BCUT2D eigenvalue weighted by Crippen LogP contribution is 2.16. The third-order valence-electron chi connectivity index (χ3n) is 4.92. The van der Waals surface area contributed by atoms with E-state index in [1.807, 2.05) is 23.1 Å². The molecule has 1 aliphatic rings. The molecule has 1 aromatic carbocycles. The van der Waals surface area contributed by atoms with Crippen molar-refractivity contribution < 1.29 is 9.21 Å². The number of benzene rings is 1. The van der Waals surface area contributed by atoms with Gasteiger partial charge in [-0.3, -0.25) is 9.78 Å². The van der Waals surface area contributed by atoms with Gasteiger partial charge in [0.2, 0.25) is 5.91 Å². The Hall–Kier alpha value is -3.15. The Bertz CT molecular complexity index is 992. The van der Waals surface area contributed by atoms with Gasteiger partial charge < -0.3 is 14.2 Å². The number of piperazine rings is 1. The van der Waals surface area contributed by atoms with Gasteiger partial charge in [-0.25, -0.2) is 4.79 Å². The van der Waals surface area contributed by atoms with Crippen LogP contribution in [0.2, 0.25) is 0 Å². The molecule has 0 N–H and O–H groups in total. The summed E-state index contributed by atoms with van der Waals surface area (Å²) in [5.41, 5.74) is 1.39. The highest BCUT2D eigenvalue weighted by Gasteiger charge is 2.21. The summed E-state index contributed by atoms with van der Waals surface area (Å²) in [4.78, 5) is 32.9. The van der Waals surface area contributed by atoms with Crippen molar-refractivity contribution in [1.82, 2.24) is 9.88 Å². The summed E-state index contributed by atoms with van der Waals surface area (Å²) in [5.74, 6) is 0.592. The Labute approximate surface area is 157 Å². The number of hydrogen-bond donors (Lipinski definition) is 0. The van der Waals surface area contributed by atoms with Gasteiger partial charge >= 0.3 is 5.63 Å². The van der Waals surface area contributed by atoms with Gasteiger partial charge in [0, 0.05) is 57.0 Å². The maximum Gasteiger partial charge on any atom is 0.345 e. The summed E-state index contributed by atoms with van der Waals surface area (Å²) in [6.07, 6.45) is 2.37. The molecule has 1 aliphatic heterocycles. The van der Waals surface area contributed by atoms with Crippen LogP contribution in [0.25, 0.3) is 10.9 Å². The minimum atomic E-state index is -0.403. The van der Waals surface area contributed by atoms with E-state index in [1.54, 1.807) is 24.4 Å². The van der Waals surface area contributed by atoms with E-state index in [0.29, 0.717) is 42.6 Å². The van der Waals surface area contributed by atoms with Crippen LogP contribution in [0.1, 0.15) is 12.2 Å². The second-order valence-electron chi connectivity index (χ2n) is 6.64. The number of aryl methyl sites for hydroxylation is 1. The van der Waals surface area contributed by atoms with Crippen LogP contribution in [0.3, 0.4) is 0 Å². The number of rotatable bonds is 4. The lowest BCUT2D eigenvalue weighted by molar-refractivity contribution is -0.131. The van der Waals surface area contributed by atoms with Crippen LogP contribution >= 0.6 is 0 Å². The molecule has 0 radical (unpaired) electrons. The molecule has 0 bridgehead atoms. The lowest BCUT2D eigenvalue weighted by Crippen LogP contribution is -2.48. The zero-order valence-corrected chi connectivity index (χ0v) is 15.0. The summed E-state index contributed by atoms with van der Waals surface area (Å²) in [6.45, 7) is 3.06. The van der Waals surface area contributed by atoms with Gasteiger partial charge in [-0.15, -0.1) is 0 Å². The Kier molecular flexibility index (Phi) is 4.87. The van der Waals surface area contributed by atoms with E-state index < -0.39 is 5.63 Å². The smallest absolute Gasteiger partial charge is 0.345 e. The number of fused-ring (bicyclic) bond motifs is 1. The first-order valence-electron chi connectivity index (χ1n) is 9.16. The fourth-order valence-electron chi connectivity index (χ4n) is 3.43. The average molecular weight is 363 g/mol. The van der Waals surface area contributed by atoms with E-state index in [0.717, 1.165) is 13.1 Å². The van der Waals surface area contributed by atoms with Gasteiger partial charge in [-0.05, 0) is 24.3 Å². The molecule has 0 unspecified atom stereocenters. The summed E-state index contributed by atoms with van der Waals surface area (Å²) in [7, 11) is 0. The van der Waals surface area contributed by atoms with Gasteiger partial charge in [-0.1, -0.05) is 18.2 Å². The molecule has 138 valence electrons. The standard InChI is InChI=1S/C21H21N3O3/c25-20(24-13-11-23(12-14-24)16-5-2-1-3-6-16)9-8-17-15-19-18(21(26)27-17)7-4-10-22-19/h1-7,10,15H,8-9,11-14H2. The first-order chi connectivity index (χ1) is 13.2. The van der Waals surface area contributed by atoms with Crippen molar-refractivity contribution in [3.05, 3.63) is 70.9 Å². The van der Waals surface area contributed by atoms with Crippen molar-refractivity contribution in [2.75, 3.05) is 31.1 Å². The molecule has 6 heteroatoms. The van der Waals surface area contributed by atoms with E-state index in [1.165, 1.54) is 5.69 Å². The fourth-order valence-corrected chi connectivity index (χ4v) is 3.43. The Morgan fingerprint density at radius 2 is 1.81 bits per heavy atom. The van der Waals surface area contributed by atoms with Crippen LogP contribution < -0.4 is 10.5 Å². The molecular formula is C21H21N3O3. The summed E-state index contributed by atoms with van der Waals surface area (Å²) < 4.78 is 5.33. The molecule has 3 heterocycles. The largest absolute Gasteiger partial charge is 0.427 e. The first-order valence-corrected chi connectivity index (χ1v) is 9.16. The number of carbonyl (C=O) groups is 1. The van der Waals surface area contributed by atoms with E-state index in [9.17, 15) is 9.59 Å².